The minimum absolute atomic E-state index is 0.0193. The van der Waals surface area contributed by atoms with E-state index in [0.29, 0.717) is 30.0 Å². The van der Waals surface area contributed by atoms with Crippen molar-refractivity contribution in [1.29, 1.82) is 0 Å². The van der Waals surface area contributed by atoms with E-state index in [9.17, 15) is 19.5 Å². The summed E-state index contributed by atoms with van der Waals surface area (Å²) >= 11 is 0. The highest BCUT2D eigenvalue weighted by Gasteiger charge is 2.33. The molecule has 2 fully saturated rings. The Balaban J connectivity index is 0.905. The van der Waals surface area contributed by atoms with Crippen molar-refractivity contribution >= 4 is 46.0 Å². The topological polar surface area (TPSA) is 189 Å². The third-order valence-electron chi connectivity index (χ3n) is 13.3. The van der Waals surface area contributed by atoms with Crippen LogP contribution in [0.5, 0.6) is 5.75 Å². The number of aryl methyl sites for hydroxylation is 2. The highest BCUT2D eigenvalue weighted by atomic mass is 19.1. The summed E-state index contributed by atoms with van der Waals surface area (Å²) in [6.07, 6.45) is 10.5. The third kappa shape index (κ3) is 9.59. The number of aromatic hydroxyl groups is 1. The Bertz CT molecular complexity index is 3210. The lowest BCUT2D eigenvalue weighted by Gasteiger charge is -2.41. The van der Waals surface area contributed by atoms with Crippen LogP contribution in [0.25, 0.3) is 33.6 Å². The fraction of sp³-hybridized carbons (Fsp3) is 0.365. The van der Waals surface area contributed by atoms with Crippen LogP contribution in [0.4, 0.5) is 26.2 Å². The lowest BCUT2D eigenvalue weighted by Crippen LogP contribution is -2.54. The molecule has 1 aromatic carbocycles. The summed E-state index contributed by atoms with van der Waals surface area (Å²) in [6.45, 7) is 15.0. The maximum atomic E-state index is 16.3. The molecule has 368 valence electrons. The van der Waals surface area contributed by atoms with Gasteiger partial charge in [0, 0.05) is 80.6 Å². The molecule has 0 radical (unpaired) electrons. The first kappa shape index (κ1) is 48.2. The number of benzene rings is 1. The number of pyridine rings is 3. The standard InChI is InChI=1S/C52H56F2N12O5/c1-7-35-27-58-66-41(57-26-34-12-11-17-55-25-34)24-42(59-48(35)66)64-19-9-8-13-36(64)22-43(68)71-29-32(5)51(69)62-20-21-63(33(6)28-62)49-37-23-39(54)46(44-38(53)14-10-15-40(44)67)60-50(37)65(52(70)61-49)47-31(4)16-18-56-45(47)30(2)3/h10-12,14-18,23-25,27,30,33,36,57,67H,5,7-9,13,19-22,26,28-29H2,1-4,6H3/t33-,36-/m0/s1. The second kappa shape index (κ2) is 20.3. The molecule has 71 heavy (non-hydrogen) atoms. The number of nitrogens with zero attached hydrogens (tertiary/aromatic N) is 11. The van der Waals surface area contributed by atoms with Gasteiger partial charge in [-0.15, -0.1) is 0 Å². The van der Waals surface area contributed by atoms with Gasteiger partial charge in [-0.3, -0.25) is 19.6 Å². The van der Waals surface area contributed by atoms with Gasteiger partial charge in [-0.2, -0.15) is 14.6 Å². The van der Waals surface area contributed by atoms with Crippen molar-refractivity contribution in [1.82, 2.24) is 44.0 Å². The minimum atomic E-state index is -0.945. The zero-order valence-corrected chi connectivity index (χ0v) is 40.4. The Labute approximate surface area is 408 Å². The lowest BCUT2D eigenvalue weighted by atomic mass is 9.99. The normalized spacial score (nSPS) is 16.3. The van der Waals surface area contributed by atoms with E-state index in [1.165, 1.54) is 16.7 Å². The average Bonchev–Trinajstić information content (AvgIpc) is 3.79. The molecule has 2 saturated heterocycles. The number of aromatic nitrogens is 8. The SMILES string of the molecule is C=C(COC(=O)C[C@@H]1CCCCN1c1cc(NCc2cccnc2)n2ncc(CC)c2n1)C(=O)N1CCN(c2nc(=O)n(-c3c(C)ccnc3C(C)C)c3nc(-c4c(O)cccc4F)c(F)cc23)[C@@H](C)C1. The van der Waals surface area contributed by atoms with E-state index in [4.69, 9.17) is 9.72 Å². The summed E-state index contributed by atoms with van der Waals surface area (Å²) in [5.41, 5.74) is 2.82. The van der Waals surface area contributed by atoms with Crippen molar-refractivity contribution in [3.8, 4) is 22.7 Å². The van der Waals surface area contributed by atoms with E-state index >= 15 is 8.78 Å². The summed E-state index contributed by atoms with van der Waals surface area (Å²) in [5, 5.41) is 19.0. The molecule has 2 N–H and O–H groups in total. The van der Waals surface area contributed by atoms with Crippen molar-refractivity contribution in [3.63, 3.8) is 0 Å². The number of piperazine rings is 1. The smallest absolute Gasteiger partial charge is 0.355 e. The predicted octanol–water partition coefficient (Wildman–Crippen LogP) is 7.46. The highest BCUT2D eigenvalue weighted by Crippen LogP contribution is 2.37. The van der Waals surface area contributed by atoms with Gasteiger partial charge >= 0.3 is 11.7 Å². The van der Waals surface area contributed by atoms with Crippen LogP contribution in [-0.4, -0.2) is 106 Å². The molecule has 1 amide bonds. The number of halogens is 2. The molecule has 0 spiro atoms. The number of amides is 1. The van der Waals surface area contributed by atoms with Crippen molar-refractivity contribution in [3.05, 3.63) is 130 Å². The first-order valence-corrected chi connectivity index (χ1v) is 24.0. The minimum Gasteiger partial charge on any atom is -0.507 e. The fourth-order valence-electron chi connectivity index (χ4n) is 9.62. The molecule has 7 aromatic rings. The first-order chi connectivity index (χ1) is 34.2. The number of hydrogen-bond donors (Lipinski definition) is 2. The number of nitrogens with one attached hydrogen (secondary N) is 1. The van der Waals surface area contributed by atoms with Crippen LogP contribution < -0.4 is 20.8 Å². The van der Waals surface area contributed by atoms with Gasteiger partial charge < -0.3 is 29.9 Å². The van der Waals surface area contributed by atoms with Crippen LogP contribution in [0, 0.1) is 18.6 Å². The number of fused-ring (bicyclic) bond motifs is 2. The number of piperidine rings is 1. The number of carbonyl (C=O) groups excluding carboxylic acids is 2. The Morgan fingerprint density at radius 1 is 0.972 bits per heavy atom. The summed E-state index contributed by atoms with van der Waals surface area (Å²) < 4.78 is 40.4. The largest absolute Gasteiger partial charge is 0.507 e. The number of phenols is 1. The molecule has 2 aliphatic rings. The van der Waals surface area contributed by atoms with E-state index in [2.05, 4.69) is 48.8 Å². The van der Waals surface area contributed by atoms with Crippen molar-refractivity contribution < 1.29 is 28.2 Å². The number of anilines is 3. The summed E-state index contributed by atoms with van der Waals surface area (Å²) in [6, 6.07) is 11.7. The first-order valence-electron chi connectivity index (χ1n) is 24.0. The fourth-order valence-corrected chi connectivity index (χ4v) is 9.62. The van der Waals surface area contributed by atoms with E-state index in [-0.39, 0.29) is 67.0 Å². The second-order valence-corrected chi connectivity index (χ2v) is 18.5. The third-order valence-corrected chi connectivity index (χ3v) is 13.3. The van der Waals surface area contributed by atoms with E-state index in [0.717, 1.165) is 66.2 Å². The number of esters is 1. The van der Waals surface area contributed by atoms with Crippen LogP contribution in [0.3, 0.4) is 0 Å². The van der Waals surface area contributed by atoms with Gasteiger partial charge in [0.2, 0.25) is 0 Å². The van der Waals surface area contributed by atoms with Gasteiger partial charge in [0.05, 0.1) is 34.9 Å². The molecule has 8 heterocycles. The maximum absolute atomic E-state index is 16.3. The Kier molecular flexibility index (Phi) is 13.8. The molecule has 17 nitrogen and oxygen atoms in total. The second-order valence-electron chi connectivity index (χ2n) is 18.5. The van der Waals surface area contributed by atoms with Crippen LogP contribution in [0.2, 0.25) is 0 Å². The van der Waals surface area contributed by atoms with Crippen LogP contribution in [0.15, 0.2) is 90.3 Å². The molecular formula is C52H56F2N12O5. The molecule has 9 rings (SSSR count). The molecular weight excluding hydrogens is 911 g/mol. The van der Waals surface area contributed by atoms with E-state index < -0.39 is 52.2 Å². The molecule has 0 saturated carbocycles. The van der Waals surface area contributed by atoms with Crippen molar-refractivity contribution in [2.75, 3.05) is 47.9 Å². The zero-order chi connectivity index (χ0) is 50.1. The van der Waals surface area contributed by atoms with Crippen molar-refractivity contribution in [2.24, 2.45) is 0 Å². The molecule has 6 aromatic heterocycles. The summed E-state index contributed by atoms with van der Waals surface area (Å²) in [4.78, 5) is 70.3. The Morgan fingerprint density at radius 2 is 1.80 bits per heavy atom. The molecule has 2 aliphatic heterocycles. The number of phenolic OH excluding ortho intramolecular Hbond substituents is 1. The van der Waals surface area contributed by atoms with Crippen molar-refractivity contribution in [2.45, 2.75) is 91.3 Å². The highest BCUT2D eigenvalue weighted by molar-refractivity contribution is 5.94. The molecule has 2 atom stereocenters. The monoisotopic (exact) mass is 966 g/mol. The van der Waals surface area contributed by atoms with Gasteiger partial charge in [0.1, 0.15) is 41.3 Å². The van der Waals surface area contributed by atoms with Gasteiger partial charge in [0.25, 0.3) is 5.91 Å². The predicted molar refractivity (Wildman–Crippen MR) is 266 cm³/mol. The van der Waals surface area contributed by atoms with Crippen LogP contribution >= 0.6 is 0 Å². The zero-order valence-electron chi connectivity index (χ0n) is 40.4. The van der Waals surface area contributed by atoms with Gasteiger partial charge in [0.15, 0.2) is 17.1 Å². The van der Waals surface area contributed by atoms with Crippen LogP contribution in [0.1, 0.15) is 81.7 Å². The van der Waals surface area contributed by atoms with Gasteiger partial charge in [-0.1, -0.05) is 39.5 Å². The Morgan fingerprint density at radius 3 is 2.55 bits per heavy atom. The molecule has 19 heteroatoms. The number of carbonyl (C=O) groups is 2. The number of rotatable bonds is 14. The molecule has 0 unspecified atom stereocenters. The van der Waals surface area contributed by atoms with E-state index in [1.807, 2.05) is 58.3 Å². The molecule has 0 bridgehead atoms. The lowest BCUT2D eigenvalue weighted by molar-refractivity contribution is -0.143. The summed E-state index contributed by atoms with van der Waals surface area (Å²) in [7, 11) is 0. The van der Waals surface area contributed by atoms with Gasteiger partial charge in [-0.05, 0) is 86.9 Å². The Hall–Kier alpha value is -7.83. The maximum Gasteiger partial charge on any atom is 0.355 e. The van der Waals surface area contributed by atoms with Crippen LogP contribution in [-0.2, 0) is 27.3 Å². The quantitative estimate of drug-likeness (QED) is 0.0807. The van der Waals surface area contributed by atoms with Gasteiger partial charge in [-0.25, -0.2) is 28.1 Å². The number of hydrogen-bond acceptors (Lipinski definition) is 14. The summed E-state index contributed by atoms with van der Waals surface area (Å²) in [5.74, 6) is -1.76. The molecule has 0 aliphatic carbocycles. The average molecular weight is 967 g/mol. The van der Waals surface area contributed by atoms with E-state index in [1.54, 1.807) is 32.8 Å². The number of ether oxygens (including phenoxy) is 1.